The largest absolute Gasteiger partial charge is 0.310 e. The first kappa shape index (κ1) is 14.2. The molecule has 18 heavy (non-hydrogen) atoms. The van der Waals surface area contributed by atoms with Crippen LogP contribution in [0.4, 0.5) is 0 Å². The normalized spacial score (nSPS) is 18.3. The number of nitrogens with one attached hydrogen (secondary N) is 1. The molecule has 1 aromatic rings. The Balaban J connectivity index is 1.51. The maximum Gasteiger partial charge on any atom is 0.113 e. The van der Waals surface area contributed by atoms with Crippen LogP contribution in [0.15, 0.2) is 6.20 Å². The molecule has 1 aliphatic rings. The number of hydrogen-bond donors (Lipinski definition) is 1. The van der Waals surface area contributed by atoms with E-state index in [0.717, 1.165) is 22.4 Å². The second-order valence-corrected chi connectivity index (χ2v) is 6.48. The van der Waals surface area contributed by atoms with Gasteiger partial charge >= 0.3 is 0 Å². The lowest BCUT2D eigenvalue weighted by molar-refractivity contribution is 0.153. The number of aromatic nitrogens is 1. The Morgan fingerprint density at radius 2 is 2.17 bits per heavy atom. The van der Waals surface area contributed by atoms with Gasteiger partial charge in [0, 0.05) is 32.7 Å². The van der Waals surface area contributed by atoms with Crippen LogP contribution in [-0.2, 0) is 6.54 Å². The summed E-state index contributed by atoms with van der Waals surface area (Å²) >= 11 is 7.38. The summed E-state index contributed by atoms with van der Waals surface area (Å²) in [5, 5.41) is 4.48. The molecule has 0 bridgehead atoms. The third-order valence-corrected chi connectivity index (χ3v) is 4.34. The molecule has 0 unspecified atom stereocenters. The van der Waals surface area contributed by atoms with Crippen LogP contribution in [0.5, 0.6) is 0 Å². The lowest BCUT2D eigenvalue weighted by Crippen LogP contribution is -2.45. The molecule has 0 spiro atoms. The predicted octanol–water partition coefficient (Wildman–Crippen LogP) is 1.52. The Morgan fingerprint density at radius 3 is 2.83 bits per heavy atom. The van der Waals surface area contributed by atoms with E-state index in [2.05, 4.69) is 27.1 Å². The minimum absolute atomic E-state index is 0.768. The van der Waals surface area contributed by atoms with Crippen molar-refractivity contribution in [2.75, 3.05) is 46.3 Å². The van der Waals surface area contributed by atoms with E-state index in [1.54, 1.807) is 17.5 Å². The van der Waals surface area contributed by atoms with Crippen LogP contribution in [0.2, 0.25) is 4.34 Å². The highest BCUT2D eigenvalue weighted by Crippen LogP contribution is 2.17. The first-order chi connectivity index (χ1) is 8.74. The van der Waals surface area contributed by atoms with Gasteiger partial charge in [0.05, 0.1) is 6.20 Å². The fourth-order valence-electron chi connectivity index (χ4n) is 2.06. The summed E-state index contributed by atoms with van der Waals surface area (Å²) in [4.78, 5) is 9.15. The van der Waals surface area contributed by atoms with Gasteiger partial charge in [-0.3, -0.25) is 0 Å². The van der Waals surface area contributed by atoms with Crippen LogP contribution in [0.3, 0.4) is 0 Å². The molecule has 2 heterocycles. The van der Waals surface area contributed by atoms with Gasteiger partial charge in [-0.25, -0.2) is 4.98 Å². The van der Waals surface area contributed by atoms with Gasteiger partial charge in [0.25, 0.3) is 0 Å². The van der Waals surface area contributed by atoms with Crippen LogP contribution < -0.4 is 5.32 Å². The van der Waals surface area contributed by atoms with E-state index in [1.807, 2.05) is 0 Å². The molecule has 0 aliphatic carbocycles. The minimum atomic E-state index is 0.768. The van der Waals surface area contributed by atoms with E-state index in [0.29, 0.717) is 0 Å². The Labute approximate surface area is 118 Å². The standard InChI is InChI=1S/C12H21ClN4S/c1-16-5-7-17(8-6-16)4-2-3-14-10-12-15-9-11(13)18-12/h9,14H,2-8,10H2,1H3. The number of likely N-dealkylation sites (N-methyl/N-ethyl adjacent to an activating group) is 1. The van der Waals surface area contributed by atoms with Crippen molar-refractivity contribution in [2.45, 2.75) is 13.0 Å². The Kier molecular flexibility index (Phi) is 5.85. The van der Waals surface area contributed by atoms with E-state index in [-0.39, 0.29) is 0 Å². The molecule has 0 saturated carbocycles. The number of thiazole rings is 1. The van der Waals surface area contributed by atoms with Crippen molar-refractivity contribution in [3.05, 3.63) is 15.5 Å². The highest BCUT2D eigenvalue weighted by Gasteiger charge is 2.12. The van der Waals surface area contributed by atoms with Crippen molar-refractivity contribution in [3.63, 3.8) is 0 Å². The average Bonchev–Trinajstić information content (AvgIpc) is 2.77. The SMILES string of the molecule is CN1CCN(CCCNCc2ncc(Cl)s2)CC1. The van der Waals surface area contributed by atoms with E-state index in [4.69, 9.17) is 11.6 Å². The van der Waals surface area contributed by atoms with Gasteiger partial charge in [0.1, 0.15) is 9.34 Å². The Morgan fingerprint density at radius 1 is 1.39 bits per heavy atom. The van der Waals surface area contributed by atoms with Crippen LogP contribution in [0.1, 0.15) is 11.4 Å². The molecular formula is C12H21ClN4S. The first-order valence-corrected chi connectivity index (χ1v) is 7.65. The number of halogens is 1. The average molecular weight is 289 g/mol. The van der Waals surface area contributed by atoms with Gasteiger partial charge in [0.2, 0.25) is 0 Å². The van der Waals surface area contributed by atoms with Gasteiger partial charge in [-0.1, -0.05) is 11.6 Å². The van der Waals surface area contributed by atoms with Crippen molar-refractivity contribution < 1.29 is 0 Å². The quantitative estimate of drug-likeness (QED) is 0.805. The summed E-state index contributed by atoms with van der Waals surface area (Å²) in [5.41, 5.74) is 0. The highest BCUT2D eigenvalue weighted by atomic mass is 35.5. The summed E-state index contributed by atoms with van der Waals surface area (Å²) in [7, 11) is 2.19. The van der Waals surface area contributed by atoms with Crippen LogP contribution >= 0.6 is 22.9 Å². The maximum absolute atomic E-state index is 5.83. The molecule has 4 nitrogen and oxygen atoms in total. The summed E-state index contributed by atoms with van der Waals surface area (Å²) in [6.45, 7) is 7.89. The van der Waals surface area contributed by atoms with E-state index < -0.39 is 0 Å². The molecule has 0 amide bonds. The van der Waals surface area contributed by atoms with Crippen LogP contribution in [-0.4, -0.2) is 61.1 Å². The fourth-order valence-corrected chi connectivity index (χ4v) is 2.99. The zero-order valence-corrected chi connectivity index (χ0v) is 12.4. The second kappa shape index (κ2) is 7.40. The molecular weight excluding hydrogens is 268 g/mol. The van der Waals surface area contributed by atoms with Crippen molar-refractivity contribution in [3.8, 4) is 0 Å². The fraction of sp³-hybridized carbons (Fsp3) is 0.750. The van der Waals surface area contributed by atoms with Crippen molar-refractivity contribution in [1.29, 1.82) is 0 Å². The molecule has 0 aromatic carbocycles. The van der Waals surface area contributed by atoms with Crippen molar-refractivity contribution in [2.24, 2.45) is 0 Å². The van der Waals surface area contributed by atoms with Crippen LogP contribution in [0.25, 0.3) is 0 Å². The summed E-state index contributed by atoms with van der Waals surface area (Å²) < 4.78 is 0.768. The zero-order chi connectivity index (χ0) is 12.8. The van der Waals surface area contributed by atoms with Gasteiger partial charge in [0.15, 0.2) is 0 Å². The Bertz CT molecular complexity index is 350. The highest BCUT2D eigenvalue weighted by molar-refractivity contribution is 7.15. The van der Waals surface area contributed by atoms with Crippen molar-refractivity contribution >= 4 is 22.9 Å². The molecule has 2 rings (SSSR count). The molecule has 0 radical (unpaired) electrons. The Hall–Kier alpha value is -0.200. The summed E-state index contributed by atoms with van der Waals surface area (Å²) in [6.07, 6.45) is 2.91. The summed E-state index contributed by atoms with van der Waals surface area (Å²) in [5.74, 6) is 0. The molecule has 1 aliphatic heterocycles. The molecule has 1 fully saturated rings. The van der Waals surface area contributed by atoms with Gasteiger partial charge < -0.3 is 15.1 Å². The molecule has 1 N–H and O–H groups in total. The molecule has 102 valence electrons. The number of rotatable bonds is 6. The molecule has 1 aromatic heterocycles. The number of nitrogens with zero attached hydrogens (tertiary/aromatic N) is 3. The molecule has 0 atom stereocenters. The van der Waals surface area contributed by atoms with Gasteiger partial charge in [-0.05, 0) is 26.6 Å². The summed E-state index contributed by atoms with van der Waals surface area (Å²) in [6, 6.07) is 0. The van der Waals surface area contributed by atoms with E-state index in [1.165, 1.54) is 39.1 Å². The lowest BCUT2D eigenvalue weighted by atomic mass is 10.3. The minimum Gasteiger partial charge on any atom is -0.310 e. The smallest absolute Gasteiger partial charge is 0.113 e. The third-order valence-electron chi connectivity index (χ3n) is 3.23. The van der Waals surface area contributed by atoms with Gasteiger partial charge in [-0.15, -0.1) is 11.3 Å². The number of hydrogen-bond acceptors (Lipinski definition) is 5. The third kappa shape index (κ3) is 4.82. The number of piperazine rings is 1. The predicted molar refractivity (Wildman–Crippen MR) is 77.4 cm³/mol. The monoisotopic (exact) mass is 288 g/mol. The van der Waals surface area contributed by atoms with E-state index >= 15 is 0 Å². The van der Waals surface area contributed by atoms with Crippen molar-refractivity contribution in [1.82, 2.24) is 20.1 Å². The topological polar surface area (TPSA) is 31.4 Å². The second-order valence-electron chi connectivity index (χ2n) is 4.73. The zero-order valence-electron chi connectivity index (χ0n) is 10.9. The van der Waals surface area contributed by atoms with E-state index in [9.17, 15) is 0 Å². The maximum atomic E-state index is 5.83. The molecule has 6 heteroatoms. The lowest BCUT2D eigenvalue weighted by Gasteiger charge is -2.32. The first-order valence-electron chi connectivity index (χ1n) is 6.46. The molecule has 1 saturated heterocycles. The van der Waals surface area contributed by atoms with Gasteiger partial charge in [-0.2, -0.15) is 0 Å². The van der Waals surface area contributed by atoms with Crippen LogP contribution in [0, 0.1) is 0 Å².